The molecule has 114 valence electrons. The standard InChI is InChI=1S/C16H23N3O2/c1-11(15(20)17-16(2,3)4)19-10-9-13(18-21)12-7-5-6-8-14(12)19/h5-8,11,21H,9-10H2,1-4H3,(H,17,20). The van der Waals surface area contributed by atoms with Gasteiger partial charge < -0.3 is 15.4 Å². The minimum absolute atomic E-state index is 0.00157. The number of para-hydroxylation sites is 1. The maximum absolute atomic E-state index is 12.4. The van der Waals surface area contributed by atoms with Crippen LogP contribution in [0.1, 0.15) is 39.7 Å². The summed E-state index contributed by atoms with van der Waals surface area (Å²) in [6.45, 7) is 8.48. The van der Waals surface area contributed by atoms with Crippen molar-refractivity contribution < 1.29 is 10.0 Å². The SMILES string of the molecule is CC(C(=O)NC(C)(C)C)N1CCC(=NO)c2ccccc21. The molecule has 0 fully saturated rings. The number of amides is 1. The van der Waals surface area contributed by atoms with Crippen LogP contribution in [-0.2, 0) is 4.79 Å². The molecule has 0 aliphatic carbocycles. The molecular formula is C16H23N3O2. The van der Waals surface area contributed by atoms with Crippen molar-refractivity contribution in [1.82, 2.24) is 5.32 Å². The van der Waals surface area contributed by atoms with E-state index in [1.54, 1.807) is 0 Å². The third-order valence-corrected chi connectivity index (χ3v) is 3.58. The number of hydrogen-bond donors (Lipinski definition) is 2. The zero-order valence-electron chi connectivity index (χ0n) is 13.1. The minimum atomic E-state index is -0.273. The van der Waals surface area contributed by atoms with E-state index in [0.29, 0.717) is 18.7 Å². The number of nitrogens with zero attached hydrogens (tertiary/aromatic N) is 2. The van der Waals surface area contributed by atoms with Gasteiger partial charge in [0.25, 0.3) is 0 Å². The van der Waals surface area contributed by atoms with E-state index in [-0.39, 0.29) is 17.5 Å². The molecule has 2 rings (SSSR count). The van der Waals surface area contributed by atoms with Gasteiger partial charge in [0, 0.05) is 29.8 Å². The number of carbonyl (C=O) groups excluding carboxylic acids is 1. The molecule has 1 aromatic carbocycles. The van der Waals surface area contributed by atoms with Crippen molar-refractivity contribution in [3.05, 3.63) is 29.8 Å². The fraction of sp³-hybridized carbons (Fsp3) is 0.500. The molecule has 21 heavy (non-hydrogen) atoms. The summed E-state index contributed by atoms with van der Waals surface area (Å²) in [7, 11) is 0. The first-order valence-electron chi connectivity index (χ1n) is 7.22. The normalized spacial score (nSPS) is 18.3. The molecule has 2 N–H and O–H groups in total. The molecule has 1 heterocycles. The van der Waals surface area contributed by atoms with Crippen LogP contribution in [0.2, 0.25) is 0 Å². The highest BCUT2D eigenvalue weighted by molar-refractivity contribution is 6.07. The Labute approximate surface area is 125 Å². The molecule has 1 amide bonds. The van der Waals surface area contributed by atoms with Gasteiger partial charge in [-0.3, -0.25) is 4.79 Å². The lowest BCUT2D eigenvalue weighted by Crippen LogP contribution is -2.52. The summed E-state index contributed by atoms with van der Waals surface area (Å²) in [5, 5.41) is 15.5. The Morgan fingerprint density at radius 3 is 2.67 bits per heavy atom. The molecule has 5 nitrogen and oxygen atoms in total. The number of hydrogen-bond acceptors (Lipinski definition) is 4. The van der Waals surface area contributed by atoms with Crippen molar-refractivity contribution in [2.75, 3.05) is 11.4 Å². The number of nitrogens with one attached hydrogen (secondary N) is 1. The van der Waals surface area contributed by atoms with Gasteiger partial charge in [-0.1, -0.05) is 23.4 Å². The summed E-state index contributed by atoms with van der Waals surface area (Å²) < 4.78 is 0. The van der Waals surface area contributed by atoms with E-state index in [1.165, 1.54) is 0 Å². The Bertz CT molecular complexity index is 561. The summed E-state index contributed by atoms with van der Waals surface area (Å²) >= 11 is 0. The molecular weight excluding hydrogens is 266 g/mol. The van der Waals surface area contributed by atoms with Crippen molar-refractivity contribution in [1.29, 1.82) is 0 Å². The van der Waals surface area contributed by atoms with Gasteiger partial charge in [-0.15, -0.1) is 0 Å². The third kappa shape index (κ3) is 3.35. The van der Waals surface area contributed by atoms with E-state index in [4.69, 9.17) is 5.21 Å². The Hall–Kier alpha value is -2.04. The molecule has 1 unspecified atom stereocenters. The molecule has 1 atom stereocenters. The number of anilines is 1. The highest BCUT2D eigenvalue weighted by Gasteiger charge is 2.30. The van der Waals surface area contributed by atoms with Gasteiger partial charge in [-0.2, -0.15) is 0 Å². The molecule has 0 spiro atoms. The van der Waals surface area contributed by atoms with E-state index in [1.807, 2.05) is 52.0 Å². The van der Waals surface area contributed by atoms with Crippen molar-refractivity contribution >= 4 is 17.3 Å². The van der Waals surface area contributed by atoms with Gasteiger partial charge in [0.1, 0.15) is 6.04 Å². The molecule has 0 saturated carbocycles. The highest BCUT2D eigenvalue weighted by atomic mass is 16.4. The Balaban J connectivity index is 2.27. The van der Waals surface area contributed by atoms with E-state index in [9.17, 15) is 4.79 Å². The van der Waals surface area contributed by atoms with Gasteiger partial charge in [0.15, 0.2) is 0 Å². The van der Waals surface area contributed by atoms with Gasteiger partial charge in [-0.05, 0) is 33.8 Å². The zero-order valence-corrected chi connectivity index (χ0v) is 13.1. The molecule has 0 bridgehead atoms. The summed E-state index contributed by atoms with van der Waals surface area (Å²) in [6.07, 6.45) is 0.626. The summed E-state index contributed by atoms with van der Waals surface area (Å²) in [5.41, 5.74) is 2.25. The second-order valence-electron chi connectivity index (χ2n) is 6.42. The van der Waals surface area contributed by atoms with Crippen LogP contribution in [0.5, 0.6) is 0 Å². The topological polar surface area (TPSA) is 64.9 Å². The zero-order chi connectivity index (χ0) is 15.6. The molecule has 1 aromatic rings. The van der Waals surface area contributed by atoms with Crippen LogP contribution in [0.4, 0.5) is 5.69 Å². The van der Waals surface area contributed by atoms with Crippen molar-refractivity contribution in [3.63, 3.8) is 0 Å². The summed E-state index contributed by atoms with van der Waals surface area (Å²) in [4.78, 5) is 14.4. The van der Waals surface area contributed by atoms with E-state index >= 15 is 0 Å². The van der Waals surface area contributed by atoms with Crippen LogP contribution < -0.4 is 10.2 Å². The first-order chi connectivity index (χ1) is 9.83. The maximum Gasteiger partial charge on any atom is 0.242 e. The Kier molecular flexibility index (Phi) is 4.21. The van der Waals surface area contributed by atoms with Crippen LogP contribution in [0.3, 0.4) is 0 Å². The van der Waals surface area contributed by atoms with E-state index in [2.05, 4.69) is 15.4 Å². The lowest BCUT2D eigenvalue weighted by atomic mass is 9.98. The third-order valence-electron chi connectivity index (χ3n) is 3.58. The van der Waals surface area contributed by atoms with Gasteiger partial charge in [-0.25, -0.2) is 0 Å². The fourth-order valence-electron chi connectivity index (χ4n) is 2.57. The average Bonchev–Trinajstić information content (AvgIpc) is 2.43. The van der Waals surface area contributed by atoms with Crippen LogP contribution in [0.15, 0.2) is 29.4 Å². The first kappa shape index (κ1) is 15.4. The van der Waals surface area contributed by atoms with Crippen LogP contribution in [0.25, 0.3) is 0 Å². The minimum Gasteiger partial charge on any atom is -0.411 e. The summed E-state index contributed by atoms with van der Waals surface area (Å²) in [5.74, 6) is 0.00157. The second kappa shape index (κ2) is 5.76. The number of fused-ring (bicyclic) bond motifs is 1. The van der Waals surface area contributed by atoms with Gasteiger partial charge in [0.2, 0.25) is 5.91 Å². The summed E-state index contributed by atoms with van der Waals surface area (Å²) in [6, 6.07) is 7.45. The second-order valence-corrected chi connectivity index (χ2v) is 6.42. The van der Waals surface area contributed by atoms with Crippen molar-refractivity contribution in [2.24, 2.45) is 5.16 Å². The molecule has 0 aromatic heterocycles. The molecule has 5 heteroatoms. The Morgan fingerprint density at radius 1 is 1.38 bits per heavy atom. The number of benzene rings is 1. The molecule has 1 aliphatic rings. The van der Waals surface area contributed by atoms with E-state index in [0.717, 1.165) is 11.3 Å². The van der Waals surface area contributed by atoms with Gasteiger partial charge in [0.05, 0.1) is 5.71 Å². The first-order valence-corrected chi connectivity index (χ1v) is 7.22. The number of carbonyl (C=O) groups is 1. The quantitative estimate of drug-likeness (QED) is 0.649. The van der Waals surface area contributed by atoms with Crippen LogP contribution in [-0.4, -0.2) is 35.0 Å². The molecule has 0 radical (unpaired) electrons. The van der Waals surface area contributed by atoms with Crippen LogP contribution in [0, 0.1) is 0 Å². The van der Waals surface area contributed by atoms with E-state index < -0.39 is 0 Å². The highest BCUT2D eigenvalue weighted by Crippen LogP contribution is 2.29. The van der Waals surface area contributed by atoms with Crippen LogP contribution >= 0.6 is 0 Å². The fourth-order valence-corrected chi connectivity index (χ4v) is 2.57. The predicted molar refractivity (Wildman–Crippen MR) is 84.1 cm³/mol. The average molecular weight is 289 g/mol. The number of oxime groups is 1. The smallest absolute Gasteiger partial charge is 0.242 e. The lowest BCUT2D eigenvalue weighted by Gasteiger charge is -2.36. The lowest BCUT2D eigenvalue weighted by molar-refractivity contribution is -0.123. The largest absolute Gasteiger partial charge is 0.411 e. The monoisotopic (exact) mass is 289 g/mol. The number of rotatable bonds is 2. The molecule has 1 aliphatic heterocycles. The molecule has 0 saturated heterocycles. The predicted octanol–water partition coefficient (Wildman–Crippen LogP) is 2.38. The van der Waals surface area contributed by atoms with Crippen molar-refractivity contribution in [2.45, 2.75) is 45.7 Å². The Morgan fingerprint density at radius 2 is 2.05 bits per heavy atom. The van der Waals surface area contributed by atoms with Crippen molar-refractivity contribution in [3.8, 4) is 0 Å². The van der Waals surface area contributed by atoms with Gasteiger partial charge >= 0.3 is 0 Å². The maximum atomic E-state index is 12.4.